The summed E-state index contributed by atoms with van der Waals surface area (Å²) in [6.07, 6.45) is 3.67. The van der Waals surface area contributed by atoms with E-state index >= 15 is 0 Å². The molecule has 1 fully saturated rings. The van der Waals surface area contributed by atoms with Gasteiger partial charge in [-0.25, -0.2) is 4.79 Å². The zero-order chi connectivity index (χ0) is 9.84. The molecule has 0 aromatic heterocycles. The van der Waals surface area contributed by atoms with E-state index in [0.717, 1.165) is 5.92 Å². The van der Waals surface area contributed by atoms with Crippen LogP contribution in [0.1, 0.15) is 26.7 Å². The van der Waals surface area contributed by atoms with Crippen LogP contribution in [0.15, 0.2) is 12.7 Å². The molecule has 1 aliphatic carbocycles. The molecule has 0 N–H and O–H groups in total. The topological polar surface area (TPSA) is 26.3 Å². The third-order valence-corrected chi connectivity index (χ3v) is 2.89. The van der Waals surface area contributed by atoms with E-state index in [1.165, 1.54) is 18.9 Å². The summed E-state index contributed by atoms with van der Waals surface area (Å²) in [7, 11) is 0. The van der Waals surface area contributed by atoms with Gasteiger partial charge in [-0.05, 0) is 30.6 Å². The fraction of sp³-hybridized carbons (Fsp3) is 0.727. The second-order valence-corrected chi connectivity index (χ2v) is 4.15. The zero-order valence-electron chi connectivity index (χ0n) is 8.45. The van der Waals surface area contributed by atoms with Gasteiger partial charge in [-0.15, -0.1) is 0 Å². The van der Waals surface area contributed by atoms with Crippen molar-refractivity contribution in [3.63, 3.8) is 0 Å². The maximum atomic E-state index is 10.8. The first-order valence-electron chi connectivity index (χ1n) is 4.92. The minimum Gasteiger partial charge on any atom is -0.462 e. The van der Waals surface area contributed by atoms with Gasteiger partial charge < -0.3 is 4.74 Å². The number of rotatable bonds is 3. The molecule has 0 aromatic carbocycles. The highest BCUT2D eigenvalue weighted by Crippen LogP contribution is 2.35. The second kappa shape index (κ2) is 4.45. The molecule has 1 saturated carbocycles. The SMILES string of the molecule is C=CC(=O)OCC1CC(C)CC1C. The van der Waals surface area contributed by atoms with Crippen molar-refractivity contribution in [2.45, 2.75) is 26.7 Å². The normalized spacial score (nSPS) is 32.9. The molecule has 0 spiro atoms. The highest BCUT2D eigenvalue weighted by molar-refractivity contribution is 5.81. The number of carbonyl (C=O) groups excluding carboxylic acids is 1. The lowest BCUT2D eigenvalue weighted by atomic mass is 9.99. The molecule has 1 aliphatic rings. The summed E-state index contributed by atoms with van der Waals surface area (Å²) < 4.78 is 5.04. The molecule has 0 amide bonds. The van der Waals surface area contributed by atoms with Gasteiger partial charge >= 0.3 is 5.97 Å². The largest absolute Gasteiger partial charge is 0.462 e. The number of ether oxygens (including phenoxy) is 1. The average Bonchev–Trinajstić information content (AvgIpc) is 2.41. The van der Waals surface area contributed by atoms with Gasteiger partial charge in [-0.2, -0.15) is 0 Å². The Labute approximate surface area is 80.0 Å². The Kier molecular flexibility index (Phi) is 3.52. The fourth-order valence-electron chi connectivity index (χ4n) is 2.15. The molecule has 2 heteroatoms. The Morgan fingerprint density at radius 1 is 1.54 bits per heavy atom. The van der Waals surface area contributed by atoms with E-state index in [4.69, 9.17) is 4.74 Å². The van der Waals surface area contributed by atoms with E-state index in [-0.39, 0.29) is 5.97 Å². The van der Waals surface area contributed by atoms with Crippen LogP contribution in [-0.2, 0) is 9.53 Å². The summed E-state index contributed by atoms with van der Waals surface area (Å²) in [6.45, 7) is 8.42. The molecule has 3 unspecified atom stereocenters. The highest BCUT2D eigenvalue weighted by Gasteiger charge is 2.29. The Bertz CT molecular complexity index is 198. The summed E-state index contributed by atoms with van der Waals surface area (Å²) in [5.41, 5.74) is 0. The van der Waals surface area contributed by atoms with Gasteiger partial charge in [0.25, 0.3) is 0 Å². The van der Waals surface area contributed by atoms with Crippen LogP contribution >= 0.6 is 0 Å². The molecular weight excluding hydrogens is 164 g/mol. The first kappa shape index (κ1) is 10.3. The summed E-state index contributed by atoms with van der Waals surface area (Å²) in [5.74, 6) is 1.72. The number of esters is 1. The molecule has 0 radical (unpaired) electrons. The van der Waals surface area contributed by atoms with Gasteiger partial charge in [0.2, 0.25) is 0 Å². The van der Waals surface area contributed by atoms with E-state index in [1.54, 1.807) is 0 Å². The highest BCUT2D eigenvalue weighted by atomic mass is 16.5. The van der Waals surface area contributed by atoms with Crippen molar-refractivity contribution in [2.75, 3.05) is 6.61 Å². The van der Waals surface area contributed by atoms with Crippen LogP contribution < -0.4 is 0 Å². The van der Waals surface area contributed by atoms with Crippen LogP contribution in [0.3, 0.4) is 0 Å². The monoisotopic (exact) mass is 182 g/mol. The van der Waals surface area contributed by atoms with E-state index < -0.39 is 0 Å². The summed E-state index contributed by atoms with van der Waals surface area (Å²) >= 11 is 0. The van der Waals surface area contributed by atoms with Crippen molar-refractivity contribution in [1.82, 2.24) is 0 Å². The quantitative estimate of drug-likeness (QED) is 0.495. The maximum absolute atomic E-state index is 10.8. The van der Waals surface area contributed by atoms with Crippen molar-refractivity contribution < 1.29 is 9.53 Å². The van der Waals surface area contributed by atoms with E-state index in [2.05, 4.69) is 20.4 Å². The summed E-state index contributed by atoms with van der Waals surface area (Å²) in [5, 5.41) is 0. The molecule has 0 aliphatic heterocycles. The van der Waals surface area contributed by atoms with E-state index in [0.29, 0.717) is 18.4 Å². The van der Waals surface area contributed by atoms with Crippen LogP contribution in [-0.4, -0.2) is 12.6 Å². The van der Waals surface area contributed by atoms with Crippen molar-refractivity contribution in [1.29, 1.82) is 0 Å². The second-order valence-electron chi connectivity index (χ2n) is 4.15. The lowest BCUT2D eigenvalue weighted by Gasteiger charge is -2.14. The van der Waals surface area contributed by atoms with Crippen molar-refractivity contribution in [3.05, 3.63) is 12.7 Å². The third kappa shape index (κ3) is 2.87. The predicted molar refractivity (Wildman–Crippen MR) is 52.2 cm³/mol. The van der Waals surface area contributed by atoms with Crippen molar-refractivity contribution in [3.8, 4) is 0 Å². The minimum atomic E-state index is -0.299. The number of hydrogen-bond donors (Lipinski definition) is 0. The Hall–Kier alpha value is -0.790. The molecule has 74 valence electrons. The Balaban J connectivity index is 2.29. The Morgan fingerprint density at radius 3 is 2.69 bits per heavy atom. The Morgan fingerprint density at radius 2 is 2.23 bits per heavy atom. The first-order valence-corrected chi connectivity index (χ1v) is 4.92. The van der Waals surface area contributed by atoms with Crippen LogP contribution in [0.2, 0.25) is 0 Å². The van der Waals surface area contributed by atoms with E-state index in [9.17, 15) is 4.79 Å². The van der Waals surface area contributed by atoms with Gasteiger partial charge in [0.05, 0.1) is 6.61 Å². The number of carbonyl (C=O) groups is 1. The molecule has 1 rings (SSSR count). The van der Waals surface area contributed by atoms with Crippen LogP contribution in [0.4, 0.5) is 0 Å². The molecule has 0 bridgehead atoms. The predicted octanol–water partition coefficient (Wildman–Crippen LogP) is 2.40. The standard InChI is InChI=1S/C11H18O2/c1-4-11(12)13-7-10-6-8(2)5-9(10)3/h4,8-10H,1,5-7H2,2-3H3. The maximum Gasteiger partial charge on any atom is 0.330 e. The summed E-state index contributed by atoms with van der Waals surface area (Å²) in [4.78, 5) is 10.8. The smallest absolute Gasteiger partial charge is 0.330 e. The average molecular weight is 182 g/mol. The van der Waals surface area contributed by atoms with Crippen LogP contribution in [0, 0.1) is 17.8 Å². The van der Waals surface area contributed by atoms with Crippen molar-refractivity contribution >= 4 is 5.97 Å². The van der Waals surface area contributed by atoms with Gasteiger partial charge in [0.1, 0.15) is 0 Å². The lowest BCUT2D eigenvalue weighted by molar-refractivity contribution is -0.139. The molecule has 0 saturated heterocycles. The van der Waals surface area contributed by atoms with Gasteiger partial charge in [-0.1, -0.05) is 20.4 Å². The fourth-order valence-corrected chi connectivity index (χ4v) is 2.15. The number of hydrogen-bond acceptors (Lipinski definition) is 2. The molecule has 3 atom stereocenters. The van der Waals surface area contributed by atoms with Gasteiger partial charge in [-0.3, -0.25) is 0 Å². The zero-order valence-corrected chi connectivity index (χ0v) is 8.45. The van der Waals surface area contributed by atoms with E-state index in [1.807, 2.05) is 0 Å². The molecule has 2 nitrogen and oxygen atoms in total. The molecule has 0 heterocycles. The van der Waals surface area contributed by atoms with Gasteiger partial charge in [0.15, 0.2) is 0 Å². The minimum absolute atomic E-state index is 0.299. The molecule has 13 heavy (non-hydrogen) atoms. The molecular formula is C11H18O2. The van der Waals surface area contributed by atoms with Crippen LogP contribution in [0.25, 0.3) is 0 Å². The first-order chi connectivity index (χ1) is 6.13. The summed E-state index contributed by atoms with van der Waals surface area (Å²) in [6, 6.07) is 0. The van der Waals surface area contributed by atoms with Gasteiger partial charge in [0, 0.05) is 6.08 Å². The third-order valence-electron chi connectivity index (χ3n) is 2.89. The van der Waals surface area contributed by atoms with Crippen molar-refractivity contribution in [2.24, 2.45) is 17.8 Å². The van der Waals surface area contributed by atoms with Crippen LogP contribution in [0.5, 0.6) is 0 Å². The molecule has 0 aromatic rings. The lowest BCUT2D eigenvalue weighted by Crippen LogP contribution is -2.14.